The molecule has 1 saturated heterocycles. The van der Waals surface area contributed by atoms with Gasteiger partial charge >= 0.3 is 0 Å². The van der Waals surface area contributed by atoms with Crippen LogP contribution in [0.1, 0.15) is 31.9 Å². The van der Waals surface area contributed by atoms with E-state index in [0.717, 1.165) is 11.5 Å². The molecular weight excluding hydrogens is 202 g/mol. The molecule has 1 fully saturated rings. The molecule has 2 heterocycles. The highest BCUT2D eigenvalue weighted by Gasteiger charge is 2.28. The lowest BCUT2D eigenvalue weighted by molar-refractivity contribution is -0.117. The van der Waals surface area contributed by atoms with E-state index in [4.69, 9.17) is 5.73 Å². The molecule has 0 saturated carbocycles. The van der Waals surface area contributed by atoms with Crippen LogP contribution in [-0.2, 0) is 4.79 Å². The molecule has 0 aromatic carbocycles. The van der Waals surface area contributed by atoms with Gasteiger partial charge < -0.3 is 5.73 Å². The predicted octanol–water partition coefficient (Wildman–Crippen LogP) is 1.27. The number of carbonyl (C=O) groups is 1. The van der Waals surface area contributed by atoms with E-state index in [1.807, 2.05) is 18.2 Å². The zero-order valence-electron chi connectivity index (χ0n) is 9.68. The maximum absolute atomic E-state index is 11.7. The molecule has 1 atom stereocenters. The zero-order valence-corrected chi connectivity index (χ0v) is 9.68. The first-order valence-electron chi connectivity index (χ1n) is 5.61. The normalized spacial score (nSPS) is 20.9. The van der Waals surface area contributed by atoms with Gasteiger partial charge in [-0.25, -0.2) is 4.98 Å². The number of carbonyl (C=O) groups excluding carboxylic acids is 1. The first kappa shape index (κ1) is 11.1. The van der Waals surface area contributed by atoms with E-state index in [0.29, 0.717) is 18.9 Å². The van der Waals surface area contributed by atoms with Crippen molar-refractivity contribution in [2.45, 2.75) is 32.2 Å². The number of amides is 1. The van der Waals surface area contributed by atoms with Gasteiger partial charge in [0.1, 0.15) is 5.82 Å². The lowest BCUT2D eigenvalue weighted by Crippen LogP contribution is -2.28. The van der Waals surface area contributed by atoms with Crippen molar-refractivity contribution in [3.63, 3.8) is 0 Å². The Bertz CT molecular complexity index is 403. The Labute approximate surface area is 95.5 Å². The minimum atomic E-state index is -0.0583. The molecule has 1 aliphatic heterocycles. The number of aromatic nitrogens is 1. The van der Waals surface area contributed by atoms with Gasteiger partial charge in [0.25, 0.3) is 0 Å². The van der Waals surface area contributed by atoms with Gasteiger partial charge in [0, 0.05) is 24.7 Å². The fraction of sp³-hybridized carbons (Fsp3) is 0.500. The topological polar surface area (TPSA) is 59.2 Å². The summed E-state index contributed by atoms with van der Waals surface area (Å²) in [5.74, 6) is 1.16. The van der Waals surface area contributed by atoms with Crippen molar-refractivity contribution in [3.8, 4) is 0 Å². The summed E-state index contributed by atoms with van der Waals surface area (Å²) >= 11 is 0. The van der Waals surface area contributed by atoms with E-state index in [1.165, 1.54) is 0 Å². The van der Waals surface area contributed by atoms with Gasteiger partial charge in [-0.15, -0.1) is 0 Å². The smallest absolute Gasteiger partial charge is 0.229 e. The van der Waals surface area contributed by atoms with E-state index in [-0.39, 0.29) is 11.9 Å². The Kier molecular flexibility index (Phi) is 2.92. The van der Waals surface area contributed by atoms with Crippen molar-refractivity contribution in [1.29, 1.82) is 0 Å². The van der Waals surface area contributed by atoms with Crippen LogP contribution in [0.5, 0.6) is 0 Å². The molecule has 0 spiro atoms. The number of hydrogen-bond donors (Lipinski definition) is 1. The minimum absolute atomic E-state index is 0.0583. The summed E-state index contributed by atoms with van der Waals surface area (Å²) in [5, 5.41) is 0. The molecule has 0 bridgehead atoms. The Balaban J connectivity index is 2.27. The summed E-state index contributed by atoms with van der Waals surface area (Å²) in [6.45, 7) is 4.75. The van der Waals surface area contributed by atoms with Crippen LogP contribution in [-0.4, -0.2) is 23.5 Å². The number of pyridine rings is 1. The van der Waals surface area contributed by atoms with Crippen LogP contribution < -0.4 is 10.6 Å². The highest BCUT2D eigenvalue weighted by atomic mass is 16.2. The third kappa shape index (κ3) is 2.07. The highest BCUT2D eigenvalue weighted by Crippen LogP contribution is 2.21. The van der Waals surface area contributed by atoms with Gasteiger partial charge in [-0.05, 0) is 18.1 Å². The van der Waals surface area contributed by atoms with Crippen LogP contribution in [0.4, 0.5) is 5.82 Å². The number of nitrogens with zero attached hydrogens (tertiary/aromatic N) is 2. The third-order valence-electron chi connectivity index (χ3n) is 2.78. The first-order valence-corrected chi connectivity index (χ1v) is 5.61. The summed E-state index contributed by atoms with van der Waals surface area (Å²) < 4.78 is 0. The molecule has 1 aromatic heterocycles. The van der Waals surface area contributed by atoms with Crippen LogP contribution in [0.3, 0.4) is 0 Å². The SMILES string of the molecule is CC(C)c1cccc(N2C[C@@H](N)CC2=O)n1. The third-order valence-corrected chi connectivity index (χ3v) is 2.78. The second-order valence-electron chi connectivity index (χ2n) is 4.54. The largest absolute Gasteiger partial charge is 0.326 e. The molecular formula is C12H17N3O. The Hall–Kier alpha value is -1.42. The van der Waals surface area contributed by atoms with Gasteiger partial charge in [0.2, 0.25) is 5.91 Å². The summed E-state index contributed by atoms with van der Waals surface area (Å²) in [7, 11) is 0. The summed E-state index contributed by atoms with van der Waals surface area (Å²) in [5.41, 5.74) is 6.77. The van der Waals surface area contributed by atoms with Crippen molar-refractivity contribution in [3.05, 3.63) is 23.9 Å². The molecule has 86 valence electrons. The van der Waals surface area contributed by atoms with E-state index < -0.39 is 0 Å². The Morgan fingerprint density at radius 2 is 2.25 bits per heavy atom. The van der Waals surface area contributed by atoms with Crippen molar-refractivity contribution in [2.24, 2.45) is 5.73 Å². The average Bonchev–Trinajstić information content (AvgIpc) is 2.58. The first-order chi connectivity index (χ1) is 7.58. The second-order valence-corrected chi connectivity index (χ2v) is 4.54. The number of rotatable bonds is 2. The van der Waals surface area contributed by atoms with Gasteiger partial charge in [-0.2, -0.15) is 0 Å². The number of anilines is 1. The zero-order chi connectivity index (χ0) is 11.7. The highest BCUT2D eigenvalue weighted by molar-refractivity contribution is 5.95. The van der Waals surface area contributed by atoms with Gasteiger partial charge in [0.15, 0.2) is 0 Å². The van der Waals surface area contributed by atoms with Crippen molar-refractivity contribution >= 4 is 11.7 Å². The fourth-order valence-electron chi connectivity index (χ4n) is 1.87. The summed E-state index contributed by atoms with van der Waals surface area (Å²) in [6.07, 6.45) is 0.424. The van der Waals surface area contributed by atoms with E-state index in [9.17, 15) is 4.79 Å². The molecule has 1 aromatic rings. The summed E-state index contributed by atoms with van der Waals surface area (Å²) in [4.78, 5) is 17.8. The molecule has 2 N–H and O–H groups in total. The Morgan fingerprint density at radius 1 is 1.50 bits per heavy atom. The lowest BCUT2D eigenvalue weighted by atomic mass is 10.1. The molecule has 1 amide bonds. The van der Waals surface area contributed by atoms with Crippen LogP contribution in [0.2, 0.25) is 0 Å². The van der Waals surface area contributed by atoms with Crippen LogP contribution >= 0.6 is 0 Å². The van der Waals surface area contributed by atoms with Crippen LogP contribution in [0, 0.1) is 0 Å². The minimum Gasteiger partial charge on any atom is -0.326 e. The second kappa shape index (κ2) is 4.22. The van der Waals surface area contributed by atoms with E-state index in [1.54, 1.807) is 4.90 Å². The molecule has 16 heavy (non-hydrogen) atoms. The molecule has 4 nitrogen and oxygen atoms in total. The van der Waals surface area contributed by atoms with Gasteiger partial charge in [0.05, 0.1) is 0 Å². The molecule has 0 aliphatic carbocycles. The maximum Gasteiger partial charge on any atom is 0.229 e. The standard InChI is InChI=1S/C12H17N3O/c1-8(2)10-4-3-5-11(14-10)15-7-9(13)6-12(15)16/h3-5,8-9H,6-7,13H2,1-2H3/t9-/m0/s1. The fourth-order valence-corrected chi connectivity index (χ4v) is 1.87. The molecule has 0 radical (unpaired) electrons. The maximum atomic E-state index is 11.7. The predicted molar refractivity (Wildman–Crippen MR) is 63.3 cm³/mol. The van der Waals surface area contributed by atoms with Gasteiger partial charge in [-0.1, -0.05) is 19.9 Å². The average molecular weight is 219 g/mol. The monoisotopic (exact) mass is 219 g/mol. The van der Waals surface area contributed by atoms with E-state index in [2.05, 4.69) is 18.8 Å². The molecule has 2 rings (SSSR count). The van der Waals surface area contributed by atoms with Crippen LogP contribution in [0.25, 0.3) is 0 Å². The van der Waals surface area contributed by atoms with Gasteiger partial charge in [-0.3, -0.25) is 9.69 Å². The van der Waals surface area contributed by atoms with Crippen molar-refractivity contribution < 1.29 is 4.79 Å². The Morgan fingerprint density at radius 3 is 2.81 bits per heavy atom. The quantitative estimate of drug-likeness (QED) is 0.814. The molecule has 4 heteroatoms. The lowest BCUT2D eigenvalue weighted by Gasteiger charge is -2.16. The van der Waals surface area contributed by atoms with E-state index >= 15 is 0 Å². The van der Waals surface area contributed by atoms with Crippen molar-refractivity contribution in [1.82, 2.24) is 4.98 Å². The number of nitrogens with two attached hydrogens (primary N) is 1. The summed E-state index contributed by atoms with van der Waals surface area (Å²) in [6, 6.07) is 5.72. The molecule has 1 aliphatic rings. The van der Waals surface area contributed by atoms with Crippen molar-refractivity contribution in [2.75, 3.05) is 11.4 Å². The molecule has 0 unspecified atom stereocenters. The number of hydrogen-bond acceptors (Lipinski definition) is 3. The van der Waals surface area contributed by atoms with Crippen LogP contribution in [0.15, 0.2) is 18.2 Å².